The Morgan fingerprint density at radius 1 is 0.906 bits per heavy atom. The summed E-state index contributed by atoms with van der Waals surface area (Å²) in [5.41, 5.74) is 5.43. The van der Waals surface area contributed by atoms with E-state index in [9.17, 15) is 14.7 Å². The minimum atomic E-state index is -0.931. The highest BCUT2D eigenvalue weighted by molar-refractivity contribution is 5.79. The number of fused-ring (bicyclic) bond motifs is 5. The van der Waals surface area contributed by atoms with Gasteiger partial charge in [-0.2, -0.15) is 0 Å². The summed E-state index contributed by atoms with van der Waals surface area (Å²) in [6.45, 7) is 12.4. The normalized spacial score (nSPS) is 46.2. The molecule has 9 atom stereocenters. The number of Topliss-reactive ketones (excluding diaryl/α,β-unsaturated/α-hetero) is 1. The predicted molar refractivity (Wildman–Crippen MR) is 127 cm³/mol. The summed E-state index contributed by atoms with van der Waals surface area (Å²) in [6, 6.07) is -0.713. The Hall–Kier alpha value is -0.940. The molecule has 0 aromatic heterocycles. The number of hydrogen-bond acceptors (Lipinski definition) is 4. The van der Waals surface area contributed by atoms with Gasteiger partial charge in [-0.15, -0.1) is 0 Å². The van der Waals surface area contributed by atoms with Gasteiger partial charge in [0.15, 0.2) is 0 Å². The van der Waals surface area contributed by atoms with Crippen molar-refractivity contribution >= 4 is 11.8 Å². The average molecular weight is 450 g/mol. The third-order valence-corrected chi connectivity index (χ3v) is 10.4. The number of carboxylic acid groups (broad SMARTS) is 1. The zero-order valence-corrected chi connectivity index (χ0v) is 21.2. The highest BCUT2D eigenvalue weighted by atomic mass is 16.4. The summed E-state index contributed by atoms with van der Waals surface area (Å²) >= 11 is 0. The molecule has 1 unspecified atom stereocenters. The smallest absolute Gasteiger partial charge is 0.320 e. The molecule has 184 valence electrons. The number of carbonyl (C=O) groups excluding carboxylic acids is 1. The van der Waals surface area contributed by atoms with Crippen molar-refractivity contribution in [3.05, 3.63) is 0 Å². The molecule has 4 aliphatic carbocycles. The first-order valence-corrected chi connectivity index (χ1v) is 12.9. The van der Waals surface area contributed by atoms with Gasteiger partial charge in [0.25, 0.3) is 0 Å². The Kier molecular flexibility index (Phi) is 7.24. The lowest BCUT2D eigenvalue weighted by Gasteiger charge is -2.61. The third kappa shape index (κ3) is 4.53. The second kappa shape index (κ2) is 9.02. The molecule has 4 fully saturated rings. The molecule has 0 saturated heterocycles. The number of aliphatic hydroxyl groups is 1. The quantitative estimate of drug-likeness (QED) is 0.560. The van der Waals surface area contributed by atoms with Crippen molar-refractivity contribution in [2.45, 2.75) is 111 Å². The molecule has 0 amide bonds. The highest BCUT2D eigenvalue weighted by Gasteiger charge is 2.61. The van der Waals surface area contributed by atoms with E-state index in [1.807, 2.05) is 13.8 Å². The first-order valence-electron chi connectivity index (χ1n) is 12.9. The molecule has 5 nitrogen and oxygen atoms in total. The average Bonchev–Trinajstić information content (AvgIpc) is 3.05. The van der Waals surface area contributed by atoms with Crippen LogP contribution in [0.15, 0.2) is 0 Å². The van der Waals surface area contributed by atoms with Crippen LogP contribution in [0.25, 0.3) is 0 Å². The molecule has 4 saturated carbocycles. The van der Waals surface area contributed by atoms with Crippen molar-refractivity contribution in [2.24, 2.45) is 52.1 Å². The van der Waals surface area contributed by atoms with Crippen LogP contribution in [0, 0.1) is 46.3 Å². The number of aliphatic carboxylic acids is 1. The molecule has 4 aliphatic rings. The molecule has 0 radical (unpaired) electrons. The van der Waals surface area contributed by atoms with Gasteiger partial charge in [-0.3, -0.25) is 9.59 Å². The van der Waals surface area contributed by atoms with Gasteiger partial charge in [0.2, 0.25) is 0 Å². The van der Waals surface area contributed by atoms with Crippen LogP contribution in [0.1, 0.15) is 99.3 Å². The minimum Gasteiger partial charge on any atom is -0.480 e. The van der Waals surface area contributed by atoms with Crippen LogP contribution in [0.2, 0.25) is 0 Å². The fourth-order valence-electron chi connectivity index (χ4n) is 8.38. The minimum absolute atomic E-state index is 0.0208. The summed E-state index contributed by atoms with van der Waals surface area (Å²) in [4.78, 5) is 22.2. The van der Waals surface area contributed by atoms with E-state index in [0.29, 0.717) is 23.0 Å². The molecule has 5 heteroatoms. The summed E-state index contributed by atoms with van der Waals surface area (Å²) in [7, 11) is 0. The van der Waals surface area contributed by atoms with Crippen molar-refractivity contribution < 1.29 is 19.8 Å². The van der Waals surface area contributed by atoms with E-state index < -0.39 is 17.6 Å². The first kappa shape index (κ1) is 25.7. The molecular weight excluding hydrogens is 402 g/mol. The summed E-state index contributed by atoms with van der Waals surface area (Å²) in [5, 5.41) is 18.8. The van der Waals surface area contributed by atoms with E-state index in [2.05, 4.69) is 13.8 Å². The zero-order valence-electron chi connectivity index (χ0n) is 21.2. The van der Waals surface area contributed by atoms with Gasteiger partial charge in [0.05, 0.1) is 5.60 Å². The Bertz CT molecular complexity index is 718. The number of nitrogens with two attached hydrogens (primary N) is 1. The molecule has 32 heavy (non-hydrogen) atoms. The maximum atomic E-state index is 12.2. The van der Waals surface area contributed by atoms with Crippen molar-refractivity contribution in [1.29, 1.82) is 0 Å². The van der Waals surface area contributed by atoms with Gasteiger partial charge in [-0.05, 0) is 112 Å². The van der Waals surface area contributed by atoms with E-state index in [0.717, 1.165) is 37.0 Å². The topological polar surface area (TPSA) is 101 Å². The summed E-state index contributed by atoms with van der Waals surface area (Å²) in [6.07, 6.45) is 10.8. The Morgan fingerprint density at radius 3 is 2.06 bits per heavy atom. The predicted octanol–water partition coefficient (Wildman–Crippen LogP) is 5.04. The van der Waals surface area contributed by atoms with Gasteiger partial charge >= 0.3 is 5.97 Å². The monoisotopic (exact) mass is 449 g/mol. The molecular formula is C27H47NO4. The fraction of sp³-hybridized carbons (Fsp3) is 0.926. The van der Waals surface area contributed by atoms with Crippen LogP contribution in [0.3, 0.4) is 0 Å². The van der Waals surface area contributed by atoms with Crippen LogP contribution in [-0.2, 0) is 9.59 Å². The second-order valence-corrected chi connectivity index (χ2v) is 12.8. The molecule has 0 bridgehead atoms. The summed E-state index contributed by atoms with van der Waals surface area (Å²) in [5.74, 6) is 2.98. The number of hydrogen-bond donors (Lipinski definition) is 3. The van der Waals surface area contributed by atoms with E-state index in [1.165, 1.54) is 38.5 Å². The van der Waals surface area contributed by atoms with Crippen LogP contribution in [-0.4, -0.2) is 33.6 Å². The van der Waals surface area contributed by atoms with Crippen LogP contribution in [0.5, 0.6) is 0 Å². The molecule has 0 spiro atoms. The fourth-order valence-corrected chi connectivity index (χ4v) is 8.38. The lowest BCUT2D eigenvalue weighted by Crippen LogP contribution is -2.55. The molecule has 0 heterocycles. The molecule has 0 aliphatic heterocycles. The number of carbonyl (C=O) groups is 2. The largest absolute Gasteiger partial charge is 0.480 e. The van der Waals surface area contributed by atoms with Crippen molar-refractivity contribution in [3.8, 4) is 0 Å². The maximum Gasteiger partial charge on any atom is 0.320 e. The van der Waals surface area contributed by atoms with Gasteiger partial charge in [0, 0.05) is 5.92 Å². The lowest BCUT2D eigenvalue weighted by atomic mass is 9.44. The number of rotatable bonds is 3. The summed E-state index contributed by atoms with van der Waals surface area (Å²) < 4.78 is 0. The molecule has 0 aromatic carbocycles. The third-order valence-electron chi connectivity index (χ3n) is 10.4. The van der Waals surface area contributed by atoms with E-state index in [-0.39, 0.29) is 11.3 Å². The molecule has 4 rings (SSSR count). The van der Waals surface area contributed by atoms with E-state index >= 15 is 0 Å². The molecule has 4 N–H and O–H groups in total. The van der Waals surface area contributed by atoms with E-state index in [1.54, 1.807) is 13.8 Å². The van der Waals surface area contributed by atoms with Crippen molar-refractivity contribution in [2.75, 3.05) is 0 Å². The Morgan fingerprint density at radius 2 is 1.53 bits per heavy atom. The van der Waals surface area contributed by atoms with Gasteiger partial charge < -0.3 is 15.9 Å². The Labute approximate surface area is 194 Å². The van der Waals surface area contributed by atoms with Gasteiger partial charge in [-0.25, -0.2) is 0 Å². The lowest BCUT2D eigenvalue weighted by molar-refractivity contribution is -0.150. The van der Waals surface area contributed by atoms with Gasteiger partial charge in [-0.1, -0.05) is 27.7 Å². The highest BCUT2D eigenvalue weighted by Crippen LogP contribution is 2.68. The van der Waals surface area contributed by atoms with E-state index in [4.69, 9.17) is 10.8 Å². The zero-order chi connectivity index (χ0) is 24.1. The van der Waals surface area contributed by atoms with Gasteiger partial charge in [0.1, 0.15) is 11.8 Å². The SMILES string of the molecule is CC(=O)[C@H]1CC[C@H]2[C@@H]3CC[C@H]4C[C@](C)(O)CC[C@]4(C)[C@H]3CC[C@]12C.CC(C)C(N)C(=O)O. The van der Waals surface area contributed by atoms with Crippen LogP contribution in [0.4, 0.5) is 0 Å². The van der Waals surface area contributed by atoms with Crippen LogP contribution >= 0.6 is 0 Å². The van der Waals surface area contributed by atoms with Crippen LogP contribution < -0.4 is 5.73 Å². The van der Waals surface area contributed by atoms with Crippen molar-refractivity contribution in [1.82, 2.24) is 0 Å². The van der Waals surface area contributed by atoms with Crippen molar-refractivity contribution in [3.63, 3.8) is 0 Å². The second-order valence-electron chi connectivity index (χ2n) is 12.8. The number of carboxylic acids is 1. The number of ketones is 1. The Balaban J connectivity index is 0.000000312. The maximum absolute atomic E-state index is 12.2. The first-order chi connectivity index (χ1) is 14.7. The molecule has 0 aromatic rings. The standard InChI is InChI=1S/C22H36O2.C5H11NO2/c1-14(23)17-7-8-18-16-6-5-15-13-20(2,24)11-12-21(15,3)19(16)9-10-22(17,18)4;1-3(2)4(6)5(7)8/h15-19,24H,5-13H2,1-4H3;3-4H,6H2,1-2H3,(H,7,8)/t15-,16-,17+,18-,19-,20+,21-,22+;/m0./s1.